The summed E-state index contributed by atoms with van der Waals surface area (Å²) in [6.45, 7) is 2.30. The summed E-state index contributed by atoms with van der Waals surface area (Å²) in [6.07, 6.45) is 5.04. The second-order valence-corrected chi connectivity index (χ2v) is 8.83. The molecule has 0 bridgehead atoms. The number of fused-ring (bicyclic) bond motifs is 1. The van der Waals surface area contributed by atoms with Crippen molar-refractivity contribution in [2.24, 2.45) is 5.92 Å². The van der Waals surface area contributed by atoms with Crippen molar-refractivity contribution in [2.75, 3.05) is 24.8 Å². The van der Waals surface area contributed by atoms with E-state index in [1.54, 1.807) is 24.2 Å². The SMILES string of the molecule is O=C(NCc1ccc2c(c1)OCO2)C1CCN(c2nccnc2Sc2ccccc2)CC1. The number of anilines is 1. The largest absolute Gasteiger partial charge is 0.454 e. The van der Waals surface area contributed by atoms with Gasteiger partial charge in [0, 0.05) is 42.8 Å². The molecule has 2 aliphatic rings. The molecule has 164 valence electrons. The van der Waals surface area contributed by atoms with Crippen molar-refractivity contribution in [3.8, 4) is 11.5 Å². The summed E-state index contributed by atoms with van der Waals surface area (Å²) in [4.78, 5) is 25.3. The van der Waals surface area contributed by atoms with Crippen molar-refractivity contribution in [3.63, 3.8) is 0 Å². The topological polar surface area (TPSA) is 76.6 Å². The number of carbonyl (C=O) groups excluding carboxylic acids is 1. The van der Waals surface area contributed by atoms with Crippen molar-refractivity contribution in [2.45, 2.75) is 29.3 Å². The number of benzene rings is 2. The lowest BCUT2D eigenvalue weighted by Crippen LogP contribution is -2.41. The summed E-state index contributed by atoms with van der Waals surface area (Å²) in [7, 11) is 0. The molecule has 2 aromatic carbocycles. The zero-order valence-electron chi connectivity index (χ0n) is 17.6. The van der Waals surface area contributed by atoms with E-state index in [4.69, 9.17) is 9.47 Å². The van der Waals surface area contributed by atoms with Gasteiger partial charge in [-0.05, 0) is 42.7 Å². The number of aromatic nitrogens is 2. The van der Waals surface area contributed by atoms with Gasteiger partial charge in [-0.25, -0.2) is 9.97 Å². The molecule has 1 saturated heterocycles. The van der Waals surface area contributed by atoms with Crippen LogP contribution in [0.5, 0.6) is 11.5 Å². The summed E-state index contributed by atoms with van der Waals surface area (Å²) in [5.41, 5.74) is 1.00. The van der Waals surface area contributed by atoms with Crippen LogP contribution in [-0.4, -0.2) is 35.8 Å². The number of hydrogen-bond donors (Lipinski definition) is 1. The molecule has 2 aliphatic heterocycles. The van der Waals surface area contributed by atoms with Crippen LogP contribution >= 0.6 is 11.8 Å². The maximum atomic E-state index is 12.7. The molecule has 0 radical (unpaired) electrons. The van der Waals surface area contributed by atoms with Gasteiger partial charge in [0.25, 0.3) is 0 Å². The first kappa shape index (κ1) is 20.6. The molecule has 0 saturated carbocycles. The van der Waals surface area contributed by atoms with E-state index in [-0.39, 0.29) is 18.6 Å². The highest BCUT2D eigenvalue weighted by Gasteiger charge is 2.27. The smallest absolute Gasteiger partial charge is 0.231 e. The van der Waals surface area contributed by atoms with Crippen LogP contribution in [0.1, 0.15) is 18.4 Å². The molecule has 32 heavy (non-hydrogen) atoms. The molecule has 0 unspecified atom stereocenters. The fourth-order valence-electron chi connectivity index (χ4n) is 3.94. The van der Waals surface area contributed by atoms with Gasteiger partial charge in [0.2, 0.25) is 12.7 Å². The van der Waals surface area contributed by atoms with Crippen LogP contribution in [0.3, 0.4) is 0 Å². The second-order valence-electron chi connectivity index (χ2n) is 7.77. The molecule has 3 aromatic rings. The van der Waals surface area contributed by atoms with E-state index >= 15 is 0 Å². The van der Waals surface area contributed by atoms with Gasteiger partial charge in [-0.15, -0.1) is 0 Å². The van der Waals surface area contributed by atoms with Crippen LogP contribution in [-0.2, 0) is 11.3 Å². The van der Waals surface area contributed by atoms with Crippen LogP contribution in [0, 0.1) is 5.92 Å². The minimum Gasteiger partial charge on any atom is -0.454 e. The van der Waals surface area contributed by atoms with Crippen LogP contribution < -0.4 is 19.7 Å². The molecule has 0 spiro atoms. The number of ether oxygens (including phenoxy) is 2. The molecule has 0 atom stereocenters. The van der Waals surface area contributed by atoms with Crippen molar-refractivity contribution in [1.82, 2.24) is 15.3 Å². The van der Waals surface area contributed by atoms with E-state index < -0.39 is 0 Å². The number of piperidine rings is 1. The monoisotopic (exact) mass is 448 g/mol. The molecular weight excluding hydrogens is 424 g/mol. The third-order valence-corrected chi connectivity index (χ3v) is 6.66. The van der Waals surface area contributed by atoms with Crippen molar-refractivity contribution < 1.29 is 14.3 Å². The highest BCUT2D eigenvalue weighted by Crippen LogP contribution is 2.34. The standard InChI is InChI=1S/C24H24N4O3S/c29-23(27-15-17-6-7-20-21(14-17)31-16-30-20)18-8-12-28(13-9-18)22-24(26-11-10-25-22)32-19-4-2-1-3-5-19/h1-7,10-11,14,18H,8-9,12-13,15-16H2,(H,27,29). The Labute approximate surface area is 191 Å². The average Bonchev–Trinajstić information content (AvgIpc) is 3.32. The highest BCUT2D eigenvalue weighted by molar-refractivity contribution is 7.99. The first-order chi connectivity index (χ1) is 15.8. The van der Waals surface area contributed by atoms with Gasteiger partial charge >= 0.3 is 0 Å². The Morgan fingerprint density at radius 2 is 1.81 bits per heavy atom. The lowest BCUT2D eigenvalue weighted by molar-refractivity contribution is -0.125. The molecule has 1 aromatic heterocycles. The molecule has 3 heterocycles. The molecule has 8 heteroatoms. The molecule has 1 fully saturated rings. The molecular formula is C24H24N4O3S. The van der Waals surface area contributed by atoms with Crippen LogP contribution in [0.25, 0.3) is 0 Å². The van der Waals surface area contributed by atoms with E-state index in [1.165, 1.54) is 0 Å². The number of hydrogen-bond acceptors (Lipinski definition) is 7. The Bertz CT molecular complexity index is 1090. The van der Waals surface area contributed by atoms with E-state index in [0.717, 1.165) is 58.7 Å². The normalized spacial score (nSPS) is 15.6. The molecule has 1 amide bonds. The van der Waals surface area contributed by atoms with Gasteiger partial charge in [0.05, 0.1) is 0 Å². The number of nitrogens with one attached hydrogen (secondary N) is 1. The fourth-order valence-corrected chi connectivity index (χ4v) is 4.85. The Balaban J connectivity index is 1.16. The number of rotatable bonds is 6. The third kappa shape index (κ3) is 4.65. The predicted molar refractivity (Wildman–Crippen MR) is 122 cm³/mol. The first-order valence-corrected chi connectivity index (χ1v) is 11.5. The summed E-state index contributed by atoms with van der Waals surface area (Å²) in [5.74, 6) is 2.47. The summed E-state index contributed by atoms with van der Waals surface area (Å²) in [6, 6.07) is 15.9. The van der Waals surface area contributed by atoms with Crippen LogP contribution in [0.15, 0.2) is 70.8 Å². The Kier molecular flexibility index (Phi) is 6.11. The van der Waals surface area contributed by atoms with E-state index in [1.807, 2.05) is 36.4 Å². The fraction of sp³-hybridized carbons (Fsp3) is 0.292. The van der Waals surface area contributed by atoms with Gasteiger partial charge < -0.3 is 19.7 Å². The second kappa shape index (κ2) is 9.48. The molecule has 5 rings (SSSR count). The molecule has 0 aliphatic carbocycles. The maximum absolute atomic E-state index is 12.7. The summed E-state index contributed by atoms with van der Waals surface area (Å²) in [5, 5.41) is 3.97. The highest BCUT2D eigenvalue weighted by atomic mass is 32.2. The van der Waals surface area contributed by atoms with Crippen molar-refractivity contribution in [3.05, 3.63) is 66.5 Å². The first-order valence-electron chi connectivity index (χ1n) is 10.7. The van der Waals surface area contributed by atoms with Crippen LogP contribution in [0.2, 0.25) is 0 Å². The van der Waals surface area contributed by atoms with E-state index in [9.17, 15) is 4.79 Å². The predicted octanol–water partition coefficient (Wildman–Crippen LogP) is 3.89. The number of amides is 1. The average molecular weight is 449 g/mol. The minimum atomic E-state index is 0.00200. The van der Waals surface area contributed by atoms with Gasteiger partial charge in [0.15, 0.2) is 17.3 Å². The van der Waals surface area contributed by atoms with E-state index in [2.05, 4.69) is 32.3 Å². The van der Waals surface area contributed by atoms with Crippen LogP contribution in [0.4, 0.5) is 5.82 Å². The minimum absolute atomic E-state index is 0.00200. The van der Waals surface area contributed by atoms with Gasteiger partial charge in [-0.1, -0.05) is 36.0 Å². The van der Waals surface area contributed by atoms with Crippen molar-refractivity contribution >= 4 is 23.5 Å². The Morgan fingerprint density at radius 3 is 2.66 bits per heavy atom. The van der Waals surface area contributed by atoms with Gasteiger partial charge in [0.1, 0.15) is 5.03 Å². The lowest BCUT2D eigenvalue weighted by Gasteiger charge is -2.32. The summed E-state index contributed by atoms with van der Waals surface area (Å²) < 4.78 is 10.7. The maximum Gasteiger partial charge on any atom is 0.231 e. The quantitative estimate of drug-likeness (QED) is 0.613. The Hall–Kier alpha value is -3.26. The van der Waals surface area contributed by atoms with Gasteiger partial charge in [-0.3, -0.25) is 4.79 Å². The van der Waals surface area contributed by atoms with Crippen molar-refractivity contribution in [1.29, 1.82) is 0 Å². The number of nitrogens with zero attached hydrogens (tertiary/aromatic N) is 3. The van der Waals surface area contributed by atoms with Gasteiger partial charge in [-0.2, -0.15) is 0 Å². The molecule has 1 N–H and O–H groups in total. The Morgan fingerprint density at radius 1 is 1.03 bits per heavy atom. The lowest BCUT2D eigenvalue weighted by atomic mass is 9.96. The zero-order chi connectivity index (χ0) is 21.8. The number of carbonyl (C=O) groups is 1. The summed E-state index contributed by atoms with van der Waals surface area (Å²) >= 11 is 1.62. The van der Waals surface area contributed by atoms with E-state index in [0.29, 0.717) is 6.54 Å². The zero-order valence-corrected chi connectivity index (χ0v) is 18.4. The third-order valence-electron chi connectivity index (χ3n) is 5.67. The molecule has 7 nitrogen and oxygen atoms in total.